The Hall–Kier alpha value is -1.13. The van der Waals surface area contributed by atoms with E-state index in [2.05, 4.69) is 19.6 Å². The van der Waals surface area contributed by atoms with Crippen LogP contribution in [0.4, 0.5) is 0 Å². The molecule has 3 unspecified atom stereocenters. The molecular weight excluding hydrogens is 244 g/mol. The first-order valence-electron chi connectivity index (χ1n) is 6.24. The fourth-order valence-electron chi connectivity index (χ4n) is 2.33. The molecule has 2 rings (SSSR count). The Balaban J connectivity index is 2.16. The molecule has 1 aliphatic rings. The molecule has 3 nitrogen and oxygen atoms in total. The number of rotatable bonds is 4. The van der Waals surface area contributed by atoms with Crippen molar-refractivity contribution in [1.29, 1.82) is 0 Å². The molecule has 1 fully saturated rings. The van der Waals surface area contributed by atoms with Gasteiger partial charge >= 0.3 is 5.97 Å². The molecule has 1 aliphatic carbocycles. The highest BCUT2D eigenvalue weighted by Crippen LogP contribution is 2.51. The van der Waals surface area contributed by atoms with Crippen LogP contribution >= 0.6 is 0 Å². The first kappa shape index (κ1) is 13.3. The van der Waals surface area contributed by atoms with E-state index in [1.165, 1.54) is 7.11 Å². The maximum atomic E-state index is 11.8. The number of benzene rings is 1. The number of carbonyl (C=O) groups excluding carboxylic acids is 1. The van der Waals surface area contributed by atoms with E-state index in [0.717, 1.165) is 5.56 Å². The van der Waals surface area contributed by atoms with Crippen LogP contribution in [-0.4, -0.2) is 27.5 Å². The molecule has 98 valence electrons. The molecule has 1 saturated carbocycles. The summed E-state index contributed by atoms with van der Waals surface area (Å²) >= 11 is 0. The van der Waals surface area contributed by atoms with Gasteiger partial charge in [-0.05, 0) is 25.2 Å². The van der Waals surface area contributed by atoms with Gasteiger partial charge in [0.05, 0.1) is 19.1 Å². The normalized spacial score (nSPS) is 26.8. The topological polar surface area (TPSA) is 35.5 Å². The lowest BCUT2D eigenvalue weighted by Crippen LogP contribution is -2.28. The number of ether oxygens (including phenoxy) is 1. The SMILES string of the molecule is COC(=O)C1C(O[Si](C)(C)C)C1c1ccccc1. The van der Waals surface area contributed by atoms with Crippen LogP contribution in [0.25, 0.3) is 0 Å². The van der Waals surface area contributed by atoms with Gasteiger partial charge in [0.1, 0.15) is 0 Å². The quantitative estimate of drug-likeness (QED) is 0.619. The molecule has 1 aromatic rings. The maximum Gasteiger partial charge on any atom is 0.312 e. The molecule has 0 aliphatic heterocycles. The number of esters is 1. The summed E-state index contributed by atoms with van der Waals surface area (Å²) in [5, 5.41) is 0. The van der Waals surface area contributed by atoms with Crippen molar-refractivity contribution in [2.75, 3.05) is 7.11 Å². The van der Waals surface area contributed by atoms with Crippen LogP contribution in [0.3, 0.4) is 0 Å². The van der Waals surface area contributed by atoms with Crippen LogP contribution in [0.2, 0.25) is 19.6 Å². The second-order valence-electron chi connectivity index (χ2n) is 5.68. The monoisotopic (exact) mass is 264 g/mol. The minimum absolute atomic E-state index is 0.00785. The van der Waals surface area contributed by atoms with Crippen molar-refractivity contribution in [1.82, 2.24) is 0 Å². The van der Waals surface area contributed by atoms with Gasteiger partial charge in [0.25, 0.3) is 0 Å². The lowest BCUT2D eigenvalue weighted by Gasteiger charge is -2.17. The molecular formula is C14H20O3Si. The fraction of sp³-hybridized carbons (Fsp3) is 0.500. The molecule has 0 radical (unpaired) electrons. The summed E-state index contributed by atoms with van der Waals surface area (Å²) in [4.78, 5) is 11.8. The van der Waals surface area contributed by atoms with E-state index in [0.29, 0.717) is 0 Å². The van der Waals surface area contributed by atoms with E-state index in [9.17, 15) is 4.79 Å². The second kappa shape index (κ2) is 4.86. The predicted molar refractivity (Wildman–Crippen MR) is 72.9 cm³/mol. The van der Waals surface area contributed by atoms with Gasteiger partial charge in [0.2, 0.25) is 0 Å². The third-order valence-corrected chi connectivity index (χ3v) is 4.08. The minimum Gasteiger partial charge on any atom is -0.469 e. The zero-order chi connectivity index (χ0) is 13.3. The van der Waals surface area contributed by atoms with Crippen LogP contribution < -0.4 is 0 Å². The molecule has 0 aromatic heterocycles. The molecule has 3 atom stereocenters. The summed E-state index contributed by atoms with van der Waals surface area (Å²) in [6.07, 6.45) is -0.00785. The summed E-state index contributed by atoms with van der Waals surface area (Å²) < 4.78 is 11.0. The number of carbonyl (C=O) groups is 1. The van der Waals surface area contributed by atoms with Crippen molar-refractivity contribution in [3.8, 4) is 0 Å². The van der Waals surface area contributed by atoms with E-state index in [1.54, 1.807) is 0 Å². The summed E-state index contributed by atoms with van der Waals surface area (Å²) in [5.41, 5.74) is 1.16. The van der Waals surface area contributed by atoms with Crippen LogP contribution in [0.1, 0.15) is 11.5 Å². The first-order chi connectivity index (χ1) is 8.44. The highest BCUT2D eigenvalue weighted by molar-refractivity contribution is 6.69. The van der Waals surface area contributed by atoms with Crippen LogP contribution in [0, 0.1) is 5.92 Å². The van der Waals surface area contributed by atoms with E-state index in [-0.39, 0.29) is 23.9 Å². The molecule has 18 heavy (non-hydrogen) atoms. The standard InChI is InChI=1S/C14H20O3Si/c1-16-14(15)12-11(10-8-6-5-7-9-10)13(12)17-18(2,3)4/h5-9,11-13H,1-4H3. The minimum atomic E-state index is -1.64. The van der Waals surface area contributed by atoms with Gasteiger partial charge in [-0.15, -0.1) is 0 Å². The van der Waals surface area contributed by atoms with E-state index in [4.69, 9.17) is 9.16 Å². The lowest BCUT2D eigenvalue weighted by molar-refractivity contribution is -0.142. The number of hydrogen-bond acceptors (Lipinski definition) is 3. The van der Waals surface area contributed by atoms with E-state index in [1.807, 2.05) is 30.3 Å². The van der Waals surface area contributed by atoms with Gasteiger partial charge in [0.15, 0.2) is 8.32 Å². The zero-order valence-electron chi connectivity index (χ0n) is 11.3. The Morgan fingerprint density at radius 1 is 1.17 bits per heavy atom. The Kier molecular flexibility index (Phi) is 3.59. The van der Waals surface area contributed by atoms with Gasteiger partial charge in [0, 0.05) is 5.92 Å². The summed E-state index contributed by atoms with van der Waals surface area (Å²) in [7, 11) is -0.202. The molecule has 0 N–H and O–H groups in total. The highest BCUT2D eigenvalue weighted by atomic mass is 28.4. The molecule has 0 amide bonds. The average Bonchev–Trinajstić information content (AvgIpc) is 3.00. The van der Waals surface area contributed by atoms with Crippen molar-refractivity contribution in [3.63, 3.8) is 0 Å². The van der Waals surface area contributed by atoms with Crippen molar-refractivity contribution in [3.05, 3.63) is 35.9 Å². The van der Waals surface area contributed by atoms with Crippen LogP contribution in [0.15, 0.2) is 30.3 Å². The number of methoxy groups -OCH3 is 1. The van der Waals surface area contributed by atoms with Crippen LogP contribution in [-0.2, 0) is 14.0 Å². The Morgan fingerprint density at radius 2 is 1.78 bits per heavy atom. The molecule has 0 spiro atoms. The van der Waals surface area contributed by atoms with Crippen molar-refractivity contribution in [2.24, 2.45) is 5.92 Å². The second-order valence-corrected chi connectivity index (χ2v) is 10.1. The Morgan fingerprint density at radius 3 is 2.28 bits per heavy atom. The van der Waals surface area contributed by atoms with E-state index >= 15 is 0 Å². The van der Waals surface area contributed by atoms with Crippen LogP contribution in [0.5, 0.6) is 0 Å². The van der Waals surface area contributed by atoms with Gasteiger partial charge < -0.3 is 9.16 Å². The highest BCUT2D eigenvalue weighted by Gasteiger charge is 2.58. The molecule has 1 aromatic carbocycles. The molecule has 0 saturated heterocycles. The predicted octanol–water partition coefficient (Wildman–Crippen LogP) is 2.79. The summed E-state index contributed by atoms with van der Waals surface area (Å²) in [6.45, 7) is 6.42. The van der Waals surface area contributed by atoms with Gasteiger partial charge in [-0.2, -0.15) is 0 Å². The summed E-state index contributed by atoms with van der Waals surface area (Å²) in [6, 6.07) is 10.1. The largest absolute Gasteiger partial charge is 0.469 e. The maximum absolute atomic E-state index is 11.8. The summed E-state index contributed by atoms with van der Waals surface area (Å²) in [5.74, 6) is -0.137. The van der Waals surface area contributed by atoms with Crippen molar-refractivity contribution >= 4 is 14.3 Å². The average molecular weight is 264 g/mol. The first-order valence-corrected chi connectivity index (χ1v) is 9.65. The third-order valence-electron chi connectivity index (χ3n) is 3.10. The smallest absolute Gasteiger partial charge is 0.312 e. The Labute approximate surface area is 109 Å². The third kappa shape index (κ3) is 2.82. The zero-order valence-corrected chi connectivity index (χ0v) is 12.3. The number of hydrogen-bond donors (Lipinski definition) is 0. The molecule has 4 heteroatoms. The molecule has 0 heterocycles. The van der Waals surface area contributed by atoms with Crippen molar-refractivity contribution in [2.45, 2.75) is 31.7 Å². The molecule has 0 bridgehead atoms. The fourth-order valence-corrected chi connectivity index (χ4v) is 3.44. The van der Waals surface area contributed by atoms with Crippen molar-refractivity contribution < 1.29 is 14.0 Å². The van der Waals surface area contributed by atoms with Gasteiger partial charge in [-0.25, -0.2) is 0 Å². The lowest BCUT2D eigenvalue weighted by atomic mass is 10.1. The van der Waals surface area contributed by atoms with Gasteiger partial charge in [-0.3, -0.25) is 4.79 Å². The van der Waals surface area contributed by atoms with Gasteiger partial charge in [-0.1, -0.05) is 30.3 Å². The van der Waals surface area contributed by atoms with E-state index < -0.39 is 8.32 Å². The Bertz CT molecular complexity index is 424.